The quantitative estimate of drug-likeness (QED) is 0.659. The average molecular weight is 349 g/mol. The van der Waals surface area contributed by atoms with Crippen LogP contribution in [0.3, 0.4) is 0 Å². The Balaban J connectivity index is 1.70. The molecule has 2 N–H and O–H groups in total. The Kier molecular flexibility index (Phi) is 3.94. The van der Waals surface area contributed by atoms with Crippen molar-refractivity contribution in [2.75, 3.05) is 6.54 Å². The van der Waals surface area contributed by atoms with Crippen molar-refractivity contribution in [3.63, 3.8) is 0 Å². The number of nitrogens with one attached hydrogen (secondary N) is 2. The van der Waals surface area contributed by atoms with Gasteiger partial charge < -0.3 is 15.2 Å². The number of piperazine rings is 1. The molecule has 0 aliphatic carbocycles. The lowest BCUT2D eigenvalue weighted by Gasteiger charge is -2.41. The van der Waals surface area contributed by atoms with Gasteiger partial charge in [-0.3, -0.25) is 9.59 Å². The zero-order valence-corrected chi connectivity index (χ0v) is 15.1. The average Bonchev–Trinajstić information content (AvgIpc) is 3.23. The standard InChI is InChI=1S/C21H23N3O2/c1-14(2)8-10-21-9-5-11-24(21)19(25)18(23-20(21)26)12-15-13-22-17-7-4-3-6-16(15)17/h3-4,6-8,12-13,22H,5,9-11H2,1-2H3,(H,23,26)/b18-12-. The van der Waals surface area contributed by atoms with E-state index in [2.05, 4.69) is 16.4 Å². The summed E-state index contributed by atoms with van der Waals surface area (Å²) in [5.41, 5.74) is 2.70. The number of fused-ring (bicyclic) bond motifs is 2. The molecule has 2 aromatic rings. The van der Waals surface area contributed by atoms with Gasteiger partial charge in [-0.25, -0.2) is 0 Å². The van der Waals surface area contributed by atoms with Crippen LogP contribution in [0.15, 0.2) is 47.8 Å². The SMILES string of the molecule is CC(C)=CCC12CCCN1C(=O)/C(=C/c1c[nH]c3ccccc13)NC2=O. The number of rotatable bonds is 3. The molecule has 1 aromatic carbocycles. The predicted molar refractivity (Wildman–Crippen MR) is 102 cm³/mol. The molecule has 5 nitrogen and oxygen atoms in total. The molecule has 0 spiro atoms. The number of aromatic amines is 1. The Morgan fingerprint density at radius 3 is 2.88 bits per heavy atom. The molecule has 5 heteroatoms. The molecule has 3 heterocycles. The number of H-pyrrole nitrogens is 1. The van der Waals surface area contributed by atoms with Crippen molar-refractivity contribution in [1.82, 2.24) is 15.2 Å². The first-order chi connectivity index (χ1) is 12.5. The third-order valence-corrected chi connectivity index (χ3v) is 5.40. The fraction of sp³-hybridized carbons (Fsp3) is 0.333. The zero-order valence-electron chi connectivity index (χ0n) is 15.1. The van der Waals surface area contributed by atoms with E-state index in [-0.39, 0.29) is 11.8 Å². The largest absolute Gasteiger partial charge is 0.361 e. The Bertz CT molecular complexity index is 949. The zero-order chi connectivity index (χ0) is 18.3. The first-order valence-corrected chi connectivity index (χ1v) is 9.06. The van der Waals surface area contributed by atoms with E-state index in [1.165, 1.54) is 0 Å². The number of nitrogens with zero attached hydrogens (tertiary/aromatic N) is 1. The smallest absolute Gasteiger partial charge is 0.271 e. The molecular weight excluding hydrogens is 326 g/mol. The molecule has 1 aromatic heterocycles. The minimum Gasteiger partial charge on any atom is -0.361 e. The van der Waals surface area contributed by atoms with Gasteiger partial charge in [0.15, 0.2) is 0 Å². The van der Waals surface area contributed by atoms with E-state index in [4.69, 9.17) is 0 Å². The van der Waals surface area contributed by atoms with Gasteiger partial charge in [0.25, 0.3) is 11.8 Å². The van der Waals surface area contributed by atoms with Crippen LogP contribution >= 0.6 is 0 Å². The molecular formula is C21H23N3O2. The molecule has 2 amide bonds. The van der Waals surface area contributed by atoms with Crippen LogP contribution in [0.4, 0.5) is 0 Å². The molecule has 0 bridgehead atoms. The summed E-state index contributed by atoms with van der Waals surface area (Å²) in [7, 11) is 0. The third kappa shape index (κ3) is 2.55. The molecule has 1 atom stereocenters. The normalized spacial score (nSPS) is 24.1. The number of hydrogen-bond acceptors (Lipinski definition) is 2. The van der Waals surface area contributed by atoms with Gasteiger partial charge in [-0.15, -0.1) is 0 Å². The monoisotopic (exact) mass is 349 g/mol. The summed E-state index contributed by atoms with van der Waals surface area (Å²) >= 11 is 0. The van der Waals surface area contributed by atoms with Crippen molar-refractivity contribution in [3.05, 3.63) is 53.4 Å². The molecule has 26 heavy (non-hydrogen) atoms. The molecule has 0 saturated carbocycles. The van der Waals surface area contributed by atoms with E-state index in [1.54, 1.807) is 11.0 Å². The summed E-state index contributed by atoms with van der Waals surface area (Å²) in [5, 5.41) is 3.93. The highest BCUT2D eigenvalue weighted by Gasteiger charge is 2.52. The summed E-state index contributed by atoms with van der Waals surface area (Å²) in [6, 6.07) is 7.92. The van der Waals surface area contributed by atoms with Crippen LogP contribution in [0.25, 0.3) is 17.0 Å². The molecule has 4 rings (SSSR count). The molecule has 2 saturated heterocycles. The second-order valence-electron chi connectivity index (χ2n) is 7.38. The molecule has 134 valence electrons. The Morgan fingerprint density at radius 2 is 2.08 bits per heavy atom. The highest BCUT2D eigenvalue weighted by atomic mass is 16.2. The van der Waals surface area contributed by atoms with E-state index in [0.717, 1.165) is 28.5 Å². The van der Waals surface area contributed by atoms with Gasteiger partial charge in [-0.2, -0.15) is 0 Å². The fourth-order valence-electron chi connectivity index (χ4n) is 3.99. The molecule has 0 radical (unpaired) electrons. The third-order valence-electron chi connectivity index (χ3n) is 5.40. The molecule has 2 aliphatic heterocycles. The second kappa shape index (κ2) is 6.16. The van der Waals surface area contributed by atoms with Gasteiger partial charge in [0.1, 0.15) is 11.2 Å². The van der Waals surface area contributed by atoms with Gasteiger partial charge in [0, 0.05) is 29.2 Å². The van der Waals surface area contributed by atoms with Crippen LogP contribution in [0.2, 0.25) is 0 Å². The predicted octanol–water partition coefficient (Wildman–Crippen LogP) is 3.36. The maximum Gasteiger partial charge on any atom is 0.271 e. The maximum atomic E-state index is 13.1. The van der Waals surface area contributed by atoms with Gasteiger partial charge in [-0.05, 0) is 45.3 Å². The van der Waals surface area contributed by atoms with Crippen molar-refractivity contribution in [2.45, 2.75) is 38.6 Å². The number of benzene rings is 1. The van der Waals surface area contributed by atoms with Crippen LogP contribution < -0.4 is 5.32 Å². The first-order valence-electron chi connectivity index (χ1n) is 9.06. The molecule has 2 fully saturated rings. The van der Waals surface area contributed by atoms with Crippen LogP contribution in [0, 0.1) is 0 Å². The van der Waals surface area contributed by atoms with E-state index in [1.807, 2.05) is 44.3 Å². The van der Waals surface area contributed by atoms with E-state index in [9.17, 15) is 9.59 Å². The summed E-state index contributed by atoms with van der Waals surface area (Å²) in [5.74, 6) is -0.160. The highest BCUT2D eigenvalue weighted by Crippen LogP contribution is 2.37. The van der Waals surface area contributed by atoms with Crippen molar-refractivity contribution in [1.29, 1.82) is 0 Å². The van der Waals surface area contributed by atoms with Gasteiger partial charge in [-0.1, -0.05) is 29.8 Å². The first kappa shape index (κ1) is 16.6. The Labute approximate surface area is 152 Å². The van der Waals surface area contributed by atoms with Crippen LogP contribution in [-0.4, -0.2) is 33.8 Å². The van der Waals surface area contributed by atoms with Crippen LogP contribution in [-0.2, 0) is 9.59 Å². The number of carbonyl (C=O) groups is 2. The highest BCUT2D eigenvalue weighted by molar-refractivity contribution is 6.10. The van der Waals surface area contributed by atoms with Crippen LogP contribution in [0.5, 0.6) is 0 Å². The van der Waals surface area contributed by atoms with E-state index < -0.39 is 5.54 Å². The lowest BCUT2D eigenvalue weighted by molar-refractivity contribution is -0.147. The topological polar surface area (TPSA) is 65.2 Å². The molecule has 2 aliphatic rings. The number of amides is 2. The summed E-state index contributed by atoms with van der Waals surface area (Å²) in [4.78, 5) is 31.0. The van der Waals surface area contributed by atoms with E-state index in [0.29, 0.717) is 25.1 Å². The summed E-state index contributed by atoms with van der Waals surface area (Å²) < 4.78 is 0. The van der Waals surface area contributed by atoms with Crippen molar-refractivity contribution in [3.8, 4) is 0 Å². The van der Waals surface area contributed by atoms with E-state index >= 15 is 0 Å². The number of hydrogen-bond donors (Lipinski definition) is 2. The van der Waals surface area contributed by atoms with Crippen LogP contribution in [0.1, 0.15) is 38.7 Å². The lowest BCUT2D eigenvalue weighted by Crippen LogP contribution is -2.63. The number of para-hydroxylation sites is 1. The minimum atomic E-state index is -0.730. The van der Waals surface area contributed by atoms with Crippen molar-refractivity contribution >= 4 is 28.8 Å². The lowest BCUT2D eigenvalue weighted by atomic mass is 9.87. The number of carbonyl (C=O) groups excluding carboxylic acids is 2. The molecule has 1 unspecified atom stereocenters. The Morgan fingerprint density at radius 1 is 1.27 bits per heavy atom. The minimum absolute atomic E-state index is 0.0711. The summed E-state index contributed by atoms with van der Waals surface area (Å²) in [6.07, 6.45) is 7.85. The number of aromatic nitrogens is 1. The van der Waals surface area contributed by atoms with Crippen molar-refractivity contribution < 1.29 is 9.59 Å². The second-order valence-corrected chi connectivity index (χ2v) is 7.38. The maximum absolute atomic E-state index is 13.1. The van der Waals surface area contributed by atoms with Crippen molar-refractivity contribution in [2.24, 2.45) is 0 Å². The van der Waals surface area contributed by atoms with Gasteiger partial charge >= 0.3 is 0 Å². The number of allylic oxidation sites excluding steroid dienone is 1. The summed E-state index contributed by atoms with van der Waals surface area (Å²) in [6.45, 7) is 4.66. The van der Waals surface area contributed by atoms with Gasteiger partial charge in [0.05, 0.1) is 0 Å². The Hall–Kier alpha value is -2.82. The fourth-order valence-corrected chi connectivity index (χ4v) is 3.99. The van der Waals surface area contributed by atoms with Gasteiger partial charge in [0.2, 0.25) is 0 Å².